The lowest BCUT2D eigenvalue weighted by atomic mass is 9.75. The van der Waals surface area contributed by atoms with Crippen LogP contribution in [-0.4, -0.2) is 65.4 Å². The quantitative estimate of drug-likeness (QED) is 0.203. The molecule has 0 spiro atoms. The molecule has 0 fully saturated rings. The summed E-state index contributed by atoms with van der Waals surface area (Å²) in [6.45, 7) is 8.67. The summed E-state index contributed by atoms with van der Waals surface area (Å²) >= 11 is 0. The van der Waals surface area contributed by atoms with Gasteiger partial charge in [0.2, 0.25) is 5.91 Å². The Balaban J connectivity index is 2.81. The molecular weight excluding hydrogens is 411 g/mol. The number of hydrogen-bond donors (Lipinski definition) is 5. The van der Waals surface area contributed by atoms with Gasteiger partial charge in [0.15, 0.2) is 0 Å². The van der Waals surface area contributed by atoms with E-state index in [0.717, 1.165) is 31.4 Å². The Labute approximate surface area is 191 Å². The lowest BCUT2D eigenvalue weighted by Crippen LogP contribution is -2.57. The number of amides is 2. The van der Waals surface area contributed by atoms with E-state index in [9.17, 15) is 24.7 Å². The van der Waals surface area contributed by atoms with Crippen LogP contribution in [0.5, 0.6) is 0 Å². The van der Waals surface area contributed by atoms with Crippen LogP contribution < -0.4 is 10.6 Å². The number of nitrogens with one attached hydrogen (secondary N) is 2. The summed E-state index contributed by atoms with van der Waals surface area (Å²) in [5.74, 6) is -1.92. The second-order valence-corrected chi connectivity index (χ2v) is 8.58. The van der Waals surface area contributed by atoms with Crippen molar-refractivity contribution in [1.82, 2.24) is 10.6 Å². The Kier molecular flexibility index (Phi) is 13.2. The summed E-state index contributed by atoms with van der Waals surface area (Å²) in [5.41, 5.74) is 1.30. The molecule has 5 N–H and O–H groups in total. The Morgan fingerprint density at radius 3 is 2.34 bits per heavy atom. The van der Waals surface area contributed by atoms with Crippen LogP contribution in [0, 0.1) is 5.92 Å². The SMILES string of the molecule is CCCOCCCCc1ccccc1C(=O)N[C@H](C(=O)N[C@@H](CC(C)C)B(O)O)[C@@H](C)O. The molecule has 180 valence electrons. The van der Waals surface area contributed by atoms with Crippen molar-refractivity contribution in [2.24, 2.45) is 5.92 Å². The summed E-state index contributed by atoms with van der Waals surface area (Å²) in [4.78, 5) is 25.6. The number of ether oxygens (including phenoxy) is 1. The fourth-order valence-electron chi connectivity index (χ4n) is 3.39. The van der Waals surface area contributed by atoms with Crippen molar-refractivity contribution < 1.29 is 29.5 Å². The third-order valence-electron chi connectivity index (χ3n) is 5.06. The third-order valence-corrected chi connectivity index (χ3v) is 5.06. The monoisotopic (exact) mass is 450 g/mol. The first-order valence-corrected chi connectivity index (χ1v) is 11.5. The van der Waals surface area contributed by atoms with Gasteiger partial charge in [-0.05, 0) is 56.6 Å². The van der Waals surface area contributed by atoms with Crippen molar-refractivity contribution in [3.05, 3.63) is 35.4 Å². The average Bonchev–Trinajstić information content (AvgIpc) is 2.73. The Morgan fingerprint density at radius 2 is 1.75 bits per heavy atom. The molecule has 0 radical (unpaired) electrons. The number of hydrogen-bond acceptors (Lipinski definition) is 6. The molecule has 1 aromatic rings. The summed E-state index contributed by atoms with van der Waals surface area (Å²) in [6.07, 6.45) is 2.59. The maximum atomic E-state index is 12.9. The molecule has 0 unspecified atom stereocenters. The molecule has 8 nitrogen and oxygen atoms in total. The highest BCUT2D eigenvalue weighted by Crippen LogP contribution is 2.13. The summed E-state index contributed by atoms with van der Waals surface area (Å²) in [7, 11) is -1.74. The van der Waals surface area contributed by atoms with E-state index in [1.807, 2.05) is 26.0 Å². The number of rotatable bonds is 15. The first-order chi connectivity index (χ1) is 15.2. The molecule has 2 amide bonds. The van der Waals surface area contributed by atoms with E-state index in [4.69, 9.17) is 4.74 Å². The van der Waals surface area contributed by atoms with E-state index < -0.39 is 37.0 Å². The third kappa shape index (κ3) is 10.1. The van der Waals surface area contributed by atoms with Crippen LogP contribution in [0.2, 0.25) is 0 Å². The van der Waals surface area contributed by atoms with Gasteiger partial charge < -0.3 is 30.5 Å². The molecule has 1 rings (SSSR count). The van der Waals surface area contributed by atoms with Gasteiger partial charge in [0.1, 0.15) is 6.04 Å². The standard InChI is InChI=1S/C23H39BN2O6/c1-5-13-32-14-9-8-11-18-10-6-7-12-19(18)22(28)26-21(17(4)27)23(29)25-20(24(30)31)15-16(2)3/h6-7,10,12,16-17,20-21,27,30-31H,5,8-9,11,13-15H2,1-4H3,(H,25,29)(H,26,28)/t17-,20+,21+/m1/s1. The Morgan fingerprint density at radius 1 is 1.06 bits per heavy atom. The van der Waals surface area contributed by atoms with E-state index in [2.05, 4.69) is 17.6 Å². The minimum Gasteiger partial charge on any atom is -0.426 e. The fourth-order valence-corrected chi connectivity index (χ4v) is 3.39. The van der Waals surface area contributed by atoms with Gasteiger partial charge in [0, 0.05) is 18.8 Å². The molecule has 0 aliphatic rings. The second kappa shape index (κ2) is 15.0. The van der Waals surface area contributed by atoms with Crippen LogP contribution in [0.1, 0.15) is 69.3 Å². The molecular formula is C23H39BN2O6. The Bertz CT molecular complexity index is 699. The molecule has 0 aliphatic heterocycles. The molecule has 0 aliphatic carbocycles. The lowest BCUT2D eigenvalue weighted by Gasteiger charge is -2.25. The number of aryl methyl sites for hydroxylation is 1. The average molecular weight is 450 g/mol. The van der Waals surface area contributed by atoms with Crippen molar-refractivity contribution in [2.45, 2.75) is 77.9 Å². The van der Waals surface area contributed by atoms with Crippen molar-refractivity contribution in [2.75, 3.05) is 13.2 Å². The molecule has 32 heavy (non-hydrogen) atoms. The predicted octanol–water partition coefficient (Wildman–Crippen LogP) is 1.46. The van der Waals surface area contributed by atoms with E-state index in [-0.39, 0.29) is 5.92 Å². The number of benzene rings is 1. The topological polar surface area (TPSA) is 128 Å². The second-order valence-electron chi connectivity index (χ2n) is 8.58. The van der Waals surface area contributed by atoms with Gasteiger partial charge in [-0.25, -0.2) is 0 Å². The smallest absolute Gasteiger partial charge is 0.426 e. The zero-order chi connectivity index (χ0) is 24.1. The van der Waals surface area contributed by atoms with E-state index in [0.29, 0.717) is 25.0 Å². The molecule has 0 saturated carbocycles. The zero-order valence-electron chi connectivity index (χ0n) is 19.7. The van der Waals surface area contributed by atoms with Crippen LogP contribution in [-0.2, 0) is 16.0 Å². The maximum absolute atomic E-state index is 12.9. The van der Waals surface area contributed by atoms with Crippen molar-refractivity contribution in [3.63, 3.8) is 0 Å². The van der Waals surface area contributed by atoms with Crippen LogP contribution in [0.3, 0.4) is 0 Å². The number of aliphatic hydroxyl groups is 1. The van der Waals surface area contributed by atoms with Gasteiger partial charge in [0.05, 0.1) is 12.0 Å². The highest BCUT2D eigenvalue weighted by atomic mass is 16.5. The van der Waals surface area contributed by atoms with E-state index in [1.165, 1.54) is 6.92 Å². The summed E-state index contributed by atoms with van der Waals surface area (Å²) < 4.78 is 5.49. The highest BCUT2D eigenvalue weighted by molar-refractivity contribution is 6.43. The molecule has 0 bridgehead atoms. The van der Waals surface area contributed by atoms with E-state index >= 15 is 0 Å². The number of aliphatic hydroxyl groups excluding tert-OH is 1. The summed E-state index contributed by atoms with van der Waals surface area (Å²) in [6, 6.07) is 5.94. The van der Waals surface area contributed by atoms with Gasteiger partial charge in [-0.3, -0.25) is 9.59 Å². The molecule has 0 aromatic heterocycles. The minimum atomic E-state index is -1.74. The van der Waals surface area contributed by atoms with Gasteiger partial charge in [0.25, 0.3) is 5.91 Å². The normalized spacial score (nSPS) is 14.0. The van der Waals surface area contributed by atoms with E-state index in [1.54, 1.807) is 12.1 Å². The van der Waals surface area contributed by atoms with Crippen molar-refractivity contribution >= 4 is 18.9 Å². The molecule has 3 atom stereocenters. The van der Waals surface area contributed by atoms with Gasteiger partial charge >= 0.3 is 7.12 Å². The van der Waals surface area contributed by atoms with Crippen LogP contribution in [0.4, 0.5) is 0 Å². The zero-order valence-corrected chi connectivity index (χ0v) is 19.7. The van der Waals surface area contributed by atoms with Gasteiger partial charge in [-0.2, -0.15) is 0 Å². The number of unbranched alkanes of at least 4 members (excludes halogenated alkanes) is 1. The lowest BCUT2D eigenvalue weighted by molar-refractivity contribution is -0.125. The molecule has 9 heteroatoms. The van der Waals surface area contributed by atoms with Gasteiger partial charge in [-0.1, -0.05) is 39.0 Å². The molecule has 1 aromatic carbocycles. The van der Waals surface area contributed by atoms with Crippen LogP contribution in [0.15, 0.2) is 24.3 Å². The first kappa shape index (κ1) is 28.1. The van der Waals surface area contributed by atoms with Crippen molar-refractivity contribution in [3.8, 4) is 0 Å². The minimum absolute atomic E-state index is 0.112. The molecule has 0 heterocycles. The maximum Gasteiger partial charge on any atom is 0.475 e. The highest BCUT2D eigenvalue weighted by Gasteiger charge is 2.32. The first-order valence-electron chi connectivity index (χ1n) is 11.5. The van der Waals surface area contributed by atoms with Gasteiger partial charge in [-0.15, -0.1) is 0 Å². The fraction of sp³-hybridized carbons (Fsp3) is 0.652. The van der Waals surface area contributed by atoms with Crippen LogP contribution in [0.25, 0.3) is 0 Å². The predicted molar refractivity (Wildman–Crippen MR) is 125 cm³/mol. The molecule has 0 saturated heterocycles. The number of carbonyl (C=O) groups excluding carboxylic acids is 2. The summed E-state index contributed by atoms with van der Waals surface area (Å²) in [5, 5.41) is 34.4. The van der Waals surface area contributed by atoms with Crippen molar-refractivity contribution in [1.29, 1.82) is 0 Å². The number of carbonyl (C=O) groups is 2. The largest absolute Gasteiger partial charge is 0.475 e. The Hall–Kier alpha value is -1.94. The van der Waals surface area contributed by atoms with Crippen LogP contribution >= 0.6 is 0 Å².